The van der Waals surface area contributed by atoms with E-state index in [1.165, 1.54) is 11.1 Å². The first-order valence-corrected chi connectivity index (χ1v) is 6.46. The van der Waals surface area contributed by atoms with E-state index in [0.717, 1.165) is 25.0 Å². The molecule has 4 nitrogen and oxygen atoms in total. The summed E-state index contributed by atoms with van der Waals surface area (Å²) in [5.41, 5.74) is 8.21. The number of anilines is 1. The van der Waals surface area contributed by atoms with Crippen LogP contribution in [0.4, 0.5) is 5.69 Å². The molecule has 1 aliphatic heterocycles. The fraction of sp³-hybridized carbons (Fsp3) is 0.429. The molecule has 2 N–H and O–H groups in total. The van der Waals surface area contributed by atoms with E-state index in [2.05, 4.69) is 28.1 Å². The SMILES string of the molecule is CC1CN(c2cnnc3ccccc23)CCC1N. The fourth-order valence-corrected chi connectivity index (χ4v) is 2.63. The maximum absolute atomic E-state index is 6.08. The third kappa shape index (κ3) is 1.93. The van der Waals surface area contributed by atoms with Gasteiger partial charge in [0.15, 0.2) is 0 Å². The number of nitrogens with two attached hydrogens (primary N) is 1. The summed E-state index contributed by atoms with van der Waals surface area (Å²) in [5, 5.41) is 9.45. The Labute approximate surface area is 107 Å². The number of hydrogen-bond donors (Lipinski definition) is 1. The van der Waals surface area contributed by atoms with Gasteiger partial charge >= 0.3 is 0 Å². The van der Waals surface area contributed by atoms with Crippen molar-refractivity contribution in [2.24, 2.45) is 11.7 Å². The lowest BCUT2D eigenvalue weighted by atomic mass is 9.94. The van der Waals surface area contributed by atoms with E-state index in [1.807, 2.05) is 24.4 Å². The molecule has 0 radical (unpaired) electrons. The second kappa shape index (κ2) is 4.53. The number of hydrogen-bond acceptors (Lipinski definition) is 4. The van der Waals surface area contributed by atoms with Crippen molar-refractivity contribution in [1.29, 1.82) is 0 Å². The lowest BCUT2D eigenvalue weighted by molar-refractivity contribution is 0.383. The standard InChI is InChI=1S/C14H18N4/c1-10-9-18(7-6-12(10)15)14-8-16-17-13-5-3-2-4-11(13)14/h2-5,8,10,12H,6-7,9,15H2,1H3. The molecule has 0 spiro atoms. The molecule has 0 aliphatic carbocycles. The Bertz CT molecular complexity index is 549. The molecule has 0 amide bonds. The second-order valence-corrected chi connectivity index (χ2v) is 5.12. The Morgan fingerprint density at radius 1 is 1.33 bits per heavy atom. The highest BCUT2D eigenvalue weighted by Gasteiger charge is 2.24. The Hall–Kier alpha value is -1.68. The van der Waals surface area contributed by atoms with Gasteiger partial charge in [-0.05, 0) is 18.4 Å². The molecule has 1 aromatic heterocycles. The fourth-order valence-electron chi connectivity index (χ4n) is 2.63. The first-order valence-electron chi connectivity index (χ1n) is 6.46. The molecule has 1 saturated heterocycles. The molecule has 1 fully saturated rings. The maximum atomic E-state index is 6.08. The van der Waals surface area contributed by atoms with E-state index in [0.29, 0.717) is 12.0 Å². The molecule has 0 bridgehead atoms. The lowest BCUT2D eigenvalue weighted by Crippen LogP contribution is -2.46. The predicted octanol–water partition coefficient (Wildman–Crippen LogP) is 1.80. The number of nitrogens with zero attached hydrogens (tertiary/aromatic N) is 3. The molecule has 4 heteroatoms. The zero-order chi connectivity index (χ0) is 12.5. The van der Waals surface area contributed by atoms with Gasteiger partial charge in [0.2, 0.25) is 0 Å². The third-order valence-electron chi connectivity index (χ3n) is 3.84. The van der Waals surface area contributed by atoms with Gasteiger partial charge in [-0.2, -0.15) is 10.2 Å². The number of piperidine rings is 1. The van der Waals surface area contributed by atoms with Gasteiger partial charge in [-0.15, -0.1) is 0 Å². The first-order chi connectivity index (χ1) is 8.75. The average Bonchev–Trinajstić information content (AvgIpc) is 2.41. The van der Waals surface area contributed by atoms with Crippen LogP contribution < -0.4 is 10.6 Å². The third-order valence-corrected chi connectivity index (χ3v) is 3.84. The molecule has 2 unspecified atom stereocenters. The summed E-state index contributed by atoms with van der Waals surface area (Å²) >= 11 is 0. The van der Waals surface area contributed by atoms with Gasteiger partial charge in [0, 0.05) is 24.5 Å². The molecular weight excluding hydrogens is 224 g/mol. The number of rotatable bonds is 1. The van der Waals surface area contributed by atoms with E-state index in [9.17, 15) is 0 Å². The van der Waals surface area contributed by atoms with Crippen LogP contribution in [0.25, 0.3) is 10.9 Å². The van der Waals surface area contributed by atoms with Crippen LogP contribution in [0, 0.1) is 5.92 Å². The van der Waals surface area contributed by atoms with Gasteiger partial charge < -0.3 is 10.6 Å². The summed E-state index contributed by atoms with van der Waals surface area (Å²) in [4.78, 5) is 2.38. The highest BCUT2D eigenvalue weighted by atomic mass is 15.2. The van der Waals surface area contributed by atoms with Crippen LogP contribution in [0.3, 0.4) is 0 Å². The van der Waals surface area contributed by atoms with Crippen LogP contribution in [0.1, 0.15) is 13.3 Å². The molecule has 2 heterocycles. The highest BCUT2D eigenvalue weighted by Crippen LogP contribution is 2.27. The van der Waals surface area contributed by atoms with Crippen molar-refractivity contribution >= 4 is 16.6 Å². The molecule has 0 saturated carbocycles. The Kier molecular flexibility index (Phi) is 2.88. The molecule has 18 heavy (non-hydrogen) atoms. The smallest absolute Gasteiger partial charge is 0.0950 e. The van der Waals surface area contributed by atoms with E-state index in [-0.39, 0.29) is 0 Å². The minimum absolute atomic E-state index is 0.322. The van der Waals surface area contributed by atoms with Crippen molar-refractivity contribution in [3.05, 3.63) is 30.5 Å². The zero-order valence-corrected chi connectivity index (χ0v) is 10.6. The van der Waals surface area contributed by atoms with Crippen molar-refractivity contribution in [1.82, 2.24) is 10.2 Å². The van der Waals surface area contributed by atoms with Crippen molar-refractivity contribution in [2.45, 2.75) is 19.4 Å². The number of aromatic nitrogens is 2. The topological polar surface area (TPSA) is 55.0 Å². The van der Waals surface area contributed by atoms with Crippen LogP contribution in [0.5, 0.6) is 0 Å². The largest absolute Gasteiger partial charge is 0.369 e. The zero-order valence-electron chi connectivity index (χ0n) is 10.6. The van der Waals surface area contributed by atoms with Crippen LogP contribution in [0.15, 0.2) is 30.5 Å². The monoisotopic (exact) mass is 242 g/mol. The Balaban J connectivity index is 1.99. The molecule has 2 aromatic rings. The van der Waals surface area contributed by atoms with Gasteiger partial charge in [0.05, 0.1) is 17.4 Å². The number of fused-ring (bicyclic) bond motifs is 1. The lowest BCUT2D eigenvalue weighted by Gasteiger charge is -2.36. The molecule has 1 aliphatic rings. The van der Waals surface area contributed by atoms with Gasteiger partial charge in [-0.25, -0.2) is 0 Å². The van der Waals surface area contributed by atoms with Gasteiger partial charge in [0.25, 0.3) is 0 Å². The molecular formula is C14H18N4. The van der Waals surface area contributed by atoms with Crippen molar-refractivity contribution in [3.63, 3.8) is 0 Å². The van der Waals surface area contributed by atoms with Gasteiger partial charge in [0.1, 0.15) is 0 Å². The van der Waals surface area contributed by atoms with Gasteiger partial charge in [-0.1, -0.05) is 25.1 Å². The van der Waals surface area contributed by atoms with Gasteiger partial charge in [-0.3, -0.25) is 0 Å². The van der Waals surface area contributed by atoms with Crippen LogP contribution >= 0.6 is 0 Å². The highest BCUT2D eigenvalue weighted by molar-refractivity contribution is 5.90. The quantitative estimate of drug-likeness (QED) is 0.828. The summed E-state index contributed by atoms with van der Waals surface area (Å²) in [6, 6.07) is 8.48. The predicted molar refractivity (Wildman–Crippen MR) is 73.5 cm³/mol. The second-order valence-electron chi connectivity index (χ2n) is 5.12. The van der Waals surface area contributed by atoms with E-state index < -0.39 is 0 Å². The van der Waals surface area contributed by atoms with Crippen molar-refractivity contribution in [2.75, 3.05) is 18.0 Å². The summed E-state index contributed by atoms with van der Waals surface area (Å²) in [6.45, 7) is 4.21. The van der Waals surface area contributed by atoms with Crippen LogP contribution in [-0.4, -0.2) is 29.3 Å². The maximum Gasteiger partial charge on any atom is 0.0950 e. The minimum atomic E-state index is 0.322. The van der Waals surface area contributed by atoms with E-state index >= 15 is 0 Å². The minimum Gasteiger partial charge on any atom is -0.369 e. The van der Waals surface area contributed by atoms with E-state index in [4.69, 9.17) is 5.73 Å². The Morgan fingerprint density at radius 2 is 2.17 bits per heavy atom. The Morgan fingerprint density at radius 3 is 3.00 bits per heavy atom. The molecule has 3 rings (SSSR count). The first kappa shape index (κ1) is 11.4. The van der Waals surface area contributed by atoms with Crippen LogP contribution in [-0.2, 0) is 0 Å². The summed E-state index contributed by atoms with van der Waals surface area (Å²) in [6.07, 6.45) is 2.91. The van der Waals surface area contributed by atoms with Crippen molar-refractivity contribution < 1.29 is 0 Å². The summed E-state index contributed by atoms with van der Waals surface area (Å²) < 4.78 is 0. The molecule has 1 aromatic carbocycles. The van der Waals surface area contributed by atoms with E-state index in [1.54, 1.807) is 0 Å². The van der Waals surface area contributed by atoms with Crippen molar-refractivity contribution in [3.8, 4) is 0 Å². The summed E-state index contributed by atoms with van der Waals surface area (Å²) in [7, 11) is 0. The summed E-state index contributed by atoms with van der Waals surface area (Å²) in [5.74, 6) is 0.519. The normalized spacial score (nSPS) is 24.4. The van der Waals surface area contributed by atoms with Crippen LogP contribution in [0.2, 0.25) is 0 Å². The molecule has 94 valence electrons. The molecule has 2 atom stereocenters. The average molecular weight is 242 g/mol. The number of benzene rings is 1.